The highest BCUT2D eigenvalue weighted by Crippen LogP contribution is 2.19. The molecule has 0 saturated carbocycles. The minimum absolute atomic E-state index is 0.409. The van der Waals surface area contributed by atoms with Gasteiger partial charge in [-0.15, -0.1) is 0 Å². The van der Waals surface area contributed by atoms with Gasteiger partial charge in [0.25, 0.3) is 0 Å². The van der Waals surface area contributed by atoms with Crippen molar-refractivity contribution >= 4 is 35.3 Å². The van der Waals surface area contributed by atoms with Gasteiger partial charge in [-0.2, -0.15) is 0 Å². The van der Waals surface area contributed by atoms with Gasteiger partial charge in [0.1, 0.15) is 6.04 Å². The summed E-state index contributed by atoms with van der Waals surface area (Å²) in [5.41, 5.74) is 1.14. The fourth-order valence-electron chi connectivity index (χ4n) is 1.42. The van der Waals surface area contributed by atoms with Crippen LogP contribution in [0.3, 0.4) is 0 Å². The van der Waals surface area contributed by atoms with Crippen LogP contribution in [0.15, 0.2) is 18.2 Å². The maximum atomic E-state index is 11.7. The molecule has 0 aliphatic carbocycles. The van der Waals surface area contributed by atoms with Gasteiger partial charge in [-0.05, 0) is 24.6 Å². The van der Waals surface area contributed by atoms with Gasteiger partial charge >= 0.3 is 18.0 Å². The number of urea groups is 1. The van der Waals surface area contributed by atoms with E-state index in [2.05, 4.69) is 10.6 Å². The molecule has 0 aliphatic heterocycles. The Kier molecular flexibility index (Phi) is 5.33. The number of amides is 2. The van der Waals surface area contributed by atoms with E-state index in [0.717, 1.165) is 5.56 Å². The Hall–Kier alpha value is -2.28. The molecule has 1 unspecified atom stereocenters. The minimum Gasteiger partial charge on any atom is -0.481 e. The second kappa shape index (κ2) is 6.76. The molecular formula is C12H13ClN2O5. The Morgan fingerprint density at radius 1 is 1.30 bits per heavy atom. The van der Waals surface area contributed by atoms with E-state index < -0.39 is 30.4 Å². The lowest BCUT2D eigenvalue weighted by Gasteiger charge is -2.14. The maximum absolute atomic E-state index is 11.7. The van der Waals surface area contributed by atoms with Crippen LogP contribution in [-0.4, -0.2) is 34.2 Å². The second-order valence-corrected chi connectivity index (χ2v) is 4.48. The highest BCUT2D eigenvalue weighted by Gasteiger charge is 2.23. The quantitative estimate of drug-likeness (QED) is 0.660. The van der Waals surface area contributed by atoms with Crippen molar-refractivity contribution in [2.45, 2.75) is 19.4 Å². The lowest BCUT2D eigenvalue weighted by Crippen LogP contribution is -2.44. The molecule has 1 aromatic rings. The molecule has 0 radical (unpaired) electrons. The number of carbonyl (C=O) groups excluding carboxylic acids is 1. The Morgan fingerprint density at radius 3 is 2.50 bits per heavy atom. The van der Waals surface area contributed by atoms with Crippen LogP contribution in [0.5, 0.6) is 0 Å². The molecule has 0 saturated heterocycles. The Labute approximate surface area is 119 Å². The highest BCUT2D eigenvalue weighted by atomic mass is 35.5. The zero-order valence-electron chi connectivity index (χ0n) is 10.5. The van der Waals surface area contributed by atoms with Gasteiger partial charge in [0.15, 0.2) is 0 Å². The van der Waals surface area contributed by atoms with E-state index in [1.54, 1.807) is 19.1 Å². The van der Waals surface area contributed by atoms with Crippen molar-refractivity contribution in [3.63, 3.8) is 0 Å². The van der Waals surface area contributed by atoms with E-state index in [9.17, 15) is 14.4 Å². The summed E-state index contributed by atoms with van der Waals surface area (Å²) >= 11 is 5.78. The van der Waals surface area contributed by atoms with Crippen LogP contribution in [0.2, 0.25) is 5.02 Å². The number of halogens is 1. The summed E-state index contributed by atoms with van der Waals surface area (Å²) < 4.78 is 0. The zero-order valence-corrected chi connectivity index (χ0v) is 11.3. The van der Waals surface area contributed by atoms with Crippen LogP contribution in [0.4, 0.5) is 10.5 Å². The molecule has 20 heavy (non-hydrogen) atoms. The number of hydrogen-bond donors (Lipinski definition) is 4. The van der Waals surface area contributed by atoms with Gasteiger partial charge in [0, 0.05) is 10.7 Å². The molecule has 0 heterocycles. The highest BCUT2D eigenvalue weighted by molar-refractivity contribution is 6.31. The normalized spacial score (nSPS) is 11.5. The first-order chi connectivity index (χ1) is 9.29. The van der Waals surface area contributed by atoms with Crippen molar-refractivity contribution < 1.29 is 24.6 Å². The predicted molar refractivity (Wildman–Crippen MR) is 72.0 cm³/mol. The molecular weight excluding hydrogens is 288 g/mol. The maximum Gasteiger partial charge on any atom is 0.326 e. The molecule has 108 valence electrons. The molecule has 8 heteroatoms. The van der Waals surface area contributed by atoms with Crippen LogP contribution in [0.25, 0.3) is 0 Å². The zero-order chi connectivity index (χ0) is 15.3. The van der Waals surface area contributed by atoms with E-state index in [4.69, 9.17) is 21.8 Å². The molecule has 1 rings (SSSR count). The van der Waals surface area contributed by atoms with Crippen molar-refractivity contribution in [2.75, 3.05) is 5.32 Å². The number of carboxylic acid groups (broad SMARTS) is 2. The molecule has 0 bridgehead atoms. The number of carbonyl (C=O) groups is 3. The number of carboxylic acids is 2. The van der Waals surface area contributed by atoms with E-state index >= 15 is 0 Å². The summed E-state index contributed by atoms with van der Waals surface area (Å²) in [4.78, 5) is 33.0. The average molecular weight is 301 g/mol. The van der Waals surface area contributed by atoms with Crippen LogP contribution in [0.1, 0.15) is 12.0 Å². The van der Waals surface area contributed by atoms with E-state index in [-0.39, 0.29) is 0 Å². The average Bonchev–Trinajstić information content (AvgIpc) is 2.32. The number of aryl methyl sites for hydroxylation is 1. The largest absolute Gasteiger partial charge is 0.481 e. The summed E-state index contributed by atoms with van der Waals surface area (Å²) in [6.07, 6.45) is -0.711. The van der Waals surface area contributed by atoms with Crippen molar-refractivity contribution in [3.8, 4) is 0 Å². The number of nitrogens with one attached hydrogen (secondary N) is 2. The third-order valence-electron chi connectivity index (χ3n) is 2.43. The van der Waals surface area contributed by atoms with Crippen molar-refractivity contribution in [1.29, 1.82) is 0 Å². The first-order valence-electron chi connectivity index (χ1n) is 5.58. The Balaban J connectivity index is 2.72. The number of hydrogen-bond acceptors (Lipinski definition) is 3. The SMILES string of the molecule is Cc1ccc(Cl)cc1NC(=O)NC(CC(=O)O)C(=O)O. The first kappa shape index (κ1) is 15.8. The summed E-state index contributed by atoms with van der Waals surface area (Å²) in [5.74, 6) is -2.75. The molecule has 0 spiro atoms. The van der Waals surface area contributed by atoms with Gasteiger partial charge in [0.2, 0.25) is 0 Å². The summed E-state index contributed by atoms with van der Waals surface area (Å²) in [6, 6.07) is 2.51. The lowest BCUT2D eigenvalue weighted by atomic mass is 10.2. The molecule has 7 nitrogen and oxygen atoms in total. The van der Waals surface area contributed by atoms with E-state index in [1.807, 2.05) is 0 Å². The molecule has 4 N–H and O–H groups in total. The third kappa shape index (κ3) is 4.77. The molecule has 1 atom stereocenters. The van der Waals surface area contributed by atoms with Crippen LogP contribution >= 0.6 is 11.6 Å². The van der Waals surface area contributed by atoms with Crippen LogP contribution < -0.4 is 10.6 Å². The number of benzene rings is 1. The van der Waals surface area contributed by atoms with Gasteiger partial charge in [-0.3, -0.25) is 4.79 Å². The summed E-state index contributed by atoms with van der Waals surface area (Å²) in [6.45, 7) is 1.73. The van der Waals surface area contributed by atoms with Crippen molar-refractivity contribution in [3.05, 3.63) is 28.8 Å². The topological polar surface area (TPSA) is 116 Å². The van der Waals surface area contributed by atoms with E-state index in [1.165, 1.54) is 6.07 Å². The summed E-state index contributed by atoms with van der Waals surface area (Å²) in [7, 11) is 0. The lowest BCUT2D eigenvalue weighted by molar-refractivity contribution is -0.145. The van der Waals surface area contributed by atoms with E-state index in [0.29, 0.717) is 10.7 Å². The smallest absolute Gasteiger partial charge is 0.326 e. The number of anilines is 1. The summed E-state index contributed by atoms with van der Waals surface area (Å²) in [5, 5.41) is 22.3. The molecule has 2 amide bonds. The fourth-order valence-corrected chi connectivity index (χ4v) is 1.59. The van der Waals surface area contributed by atoms with Crippen molar-refractivity contribution in [2.24, 2.45) is 0 Å². The van der Waals surface area contributed by atoms with Gasteiger partial charge in [-0.1, -0.05) is 17.7 Å². The van der Waals surface area contributed by atoms with Gasteiger partial charge in [-0.25, -0.2) is 9.59 Å². The van der Waals surface area contributed by atoms with Gasteiger partial charge < -0.3 is 20.8 Å². The van der Waals surface area contributed by atoms with Crippen molar-refractivity contribution in [1.82, 2.24) is 5.32 Å². The molecule has 0 fully saturated rings. The van der Waals surface area contributed by atoms with Crippen LogP contribution in [-0.2, 0) is 9.59 Å². The fraction of sp³-hybridized carbons (Fsp3) is 0.250. The minimum atomic E-state index is -1.51. The Bertz CT molecular complexity index is 547. The standard InChI is InChI=1S/C12H13ClN2O5/c1-6-2-3-7(13)4-8(6)14-12(20)15-9(11(18)19)5-10(16)17/h2-4,9H,5H2,1H3,(H,16,17)(H,18,19)(H2,14,15,20). The second-order valence-electron chi connectivity index (χ2n) is 4.05. The molecule has 1 aromatic carbocycles. The monoisotopic (exact) mass is 300 g/mol. The van der Waals surface area contributed by atoms with Crippen LogP contribution in [0, 0.1) is 6.92 Å². The molecule has 0 aromatic heterocycles. The molecule has 0 aliphatic rings. The number of rotatable bonds is 5. The Morgan fingerprint density at radius 2 is 1.95 bits per heavy atom. The predicted octanol–water partition coefficient (Wildman–Crippen LogP) is 1.70. The van der Waals surface area contributed by atoms with Gasteiger partial charge in [0.05, 0.1) is 6.42 Å². The third-order valence-corrected chi connectivity index (χ3v) is 2.67. The first-order valence-corrected chi connectivity index (χ1v) is 5.95. The number of aliphatic carboxylic acids is 2.